The number of hydrogen-bond acceptors (Lipinski definition) is 1. The number of thiol groups is 1. The monoisotopic (exact) mass is 249 g/mol. The maximum Gasteiger partial charge on any atom is 0.275 e. The first-order valence-electron chi connectivity index (χ1n) is 4.00. The minimum absolute atomic E-state index is 0.338. The molecule has 0 bridgehead atoms. The normalized spacial score (nSPS) is 9.93. The van der Waals surface area contributed by atoms with E-state index in [1.165, 1.54) is 0 Å². The topological polar surface area (TPSA) is 29.1 Å². The number of rotatable bonds is 3. The lowest BCUT2D eigenvalue weighted by atomic mass is 10.1. The van der Waals surface area contributed by atoms with Gasteiger partial charge in [-0.1, -0.05) is 41.9 Å². The van der Waals surface area contributed by atoms with Crippen molar-refractivity contribution in [2.45, 2.75) is 6.42 Å². The molecule has 0 heterocycles. The summed E-state index contributed by atoms with van der Waals surface area (Å²) in [7, 11) is 0. The summed E-state index contributed by atoms with van der Waals surface area (Å²) in [6.45, 7) is 0.518. The van der Waals surface area contributed by atoms with Crippen LogP contribution in [-0.2, 0) is 6.42 Å². The quantitative estimate of drug-likeness (QED) is 0.792. The third kappa shape index (κ3) is 3.78. The van der Waals surface area contributed by atoms with E-state index >= 15 is 0 Å². The van der Waals surface area contributed by atoms with Crippen molar-refractivity contribution in [1.29, 1.82) is 0 Å². The molecule has 0 aliphatic rings. The minimum Gasteiger partial charge on any atom is -0.347 e. The second kappa shape index (κ2) is 5.49. The molecule has 5 heteroatoms. The van der Waals surface area contributed by atoms with Gasteiger partial charge in [-0.3, -0.25) is 4.79 Å². The summed E-state index contributed by atoms with van der Waals surface area (Å²) in [6, 6.07) is 5.29. The largest absolute Gasteiger partial charge is 0.347 e. The lowest BCUT2D eigenvalue weighted by Gasteiger charge is -2.04. The smallest absolute Gasteiger partial charge is 0.275 e. The number of benzene rings is 1. The van der Waals surface area contributed by atoms with E-state index in [4.69, 9.17) is 23.2 Å². The number of halogens is 2. The third-order valence-corrected chi connectivity index (χ3v) is 2.43. The zero-order chi connectivity index (χ0) is 10.6. The van der Waals surface area contributed by atoms with Crippen LogP contribution in [-0.4, -0.2) is 11.8 Å². The van der Waals surface area contributed by atoms with Crippen LogP contribution in [0.3, 0.4) is 0 Å². The van der Waals surface area contributed by atoms with Crippen molar-refractivity contribution in [3.63, 3.8) is 0 Å². The van der Waals surface area contributed by atoms with E-state index in [0.717, 1.165) is 5.56 Å². The Morgan fingerprint density at radius 3 is 2.71 bits per heavy atom. The summed E-state index contributed by atoms with van der Waals surface area (Å²) in [5.74, 6) is 0. The van der Waals surface area contributed by atoms with Gasteiger partial charge in [-0.05, 0) is 24.1 Å². The molecule has 14 heavy (non-hydrogen) atoms. The van der Waals surface area contributed by atoms with Crippen LogP contribution in [0.15, 0.2) is 18.2 Å². The zero-order valence-corrected chi connectivity index (χ0v) is 9.66. The molecule has 0 saturated carbocycles. The summed E-state index contributed by atoms with van der Waals surface area (Å²) in [6.07, 6.45) is 0.669. The Morgan fingerprint density at radius 2 is 2.14 bits per heavy atom. The summed E-state index contributed by atoms with van der Waals surface area (Å²) in [5.41, 5.74) is 0.957. The van der Waals surface area contributed by atoms with Gasteiger partial charge in [-0.25, -0.2) is 0 Å². The van der Waals surface area contributed by atoms with E-state index in [0.29, 0.717) is 23.0 Å². The van der Waals surface area contributed by atoms with Gasteiger partial charge in [-0.2, -0.15) is 0 Å². The SMILES string of the molecule is O=C(S)NCCc1ccc(Cl)cc1Cl. The van der Waals surface area contributed by atoms with Crippen molar-refractivity contribution in [2.24, 2.45) is 0 Å². The molecule has 0 saturated heterocycles. The Bertz CT molecular complexity index is 344. The number of carbonyl (C=O) groups excluding carboxylic acids is 1. The van der Waals surface area contributed by atoms with E-state index in [1.807, 2.05) is 6.07 Å². The highest BCUT2D eigenvalue weighted by molar-refractivity contribution is 7.96. The van der Waals surface area contributed by atoms with Crippen molar-refractivity contribution in [1.82, 2.24) is 5.32 Å². The predicted molar refractivity (Wildman–Crippen MR) is 62.6 cm³/mol. The van der Waals surface area contributed by atoms with Crippen LogP contribution < -0.4 is 5.32 Å². The van der Waals surface area contributed by atoms with E-state index in [9.17, 15) is 4.79 Å². The molecule has 0 aliphatic carbocycles. The first-order chi connectivity index (χ1) is 6.59. The van der Waals surface area contributed by atoms with Gasteiger partial charge in [-0.15, -0.1) is 0 Å². The molecule has 0 spiro atoms. The van der Waals surface area contributed by atoms with Crippen molar-refractivity contribution in [3.8, 4) is 0 Å². The summed E-state index contributed by atoms with van der Waals surface area (Å²) >= 11 is 15.2. The van der Waals surface area contributed by atoms with Crippen LogP contribution in [0.5, 0.6) is 0 Å². The molecular formula is C9H9Cl2NOS. The molecule has 0 atom stereocenters. The Kier molecular flexibility index (Phi) is 4.58. The maximum absolute atomic E-state index is 10.5. The Hall–Kier alpha value is -0.380. The maximum atomic E-state index is 10.5. The third-order valence-electron chi connectivity index (χ3n) is 1.69. The Balaban J connectivity index is 2.55. The second-order valence-electron chi connectivity index (χ2n) is 2.72. The summed E-state index contributed by atoms with van der Waals surface area (Å²) in [5, 5.41) is 3.46. The fraction of sp³-hybridized carbons (Fsp3) is 0.222. The van der Waals surface area contributed by atoms with Gasteiger partial charge in [0.25, 0.3) is 5.24 Å². The fourth-order valence-electron chi connectivity index (χ4n) is 1.03. The number of amides is 1. The highest BCUT2D eigenvalue weighted by Gasteiger charge is 2.01. The average Bonchev–Trinajstić information content (AvgIpc) is 2.08. The summed E-state index contributed by atoms with van der Waals surface area (Å²) < 4.78 is 0. The highest BCUT2D eigenvalue weighted by Crippen LogP contribution is 2.20. The van der Waals surface area contributed by atoms with Gasteiger partial charge < -0.3 is 5.32 Å². The second-order valence-corrected chi connectivity index (χ2v) is 3.97. The molecule has 1 aromatic carbocycles. The van der Waals surface area contributed by atoms with Gasteiger partial charge in [0, 0.05) is 16.6 Å². The zero-order valence-electron chi connectivity index (χ0n) is 7.26. The van der Waals surface area contributed by atoms with E-state index in [1.54, 1.807) is 12.1 Å². The molecule has 2 nitrogen and oxygen atoms in total. The van der Waals surface area contributed by atoms with E-state index in [2.05, 4.69) is 17.9 Å². The molecule has 76 valence electrons. The van der Waals surface area contributed by atoms with Crippen molar-refractivity contribution in [3.05, 3.63) is 33.8 Å². The van der Waals surface area contributed by atoms with Crippen LogP contribution in [0.25, 0.3) is 0 Å². The molecule has 1 aromatic rings. The van der Waals surface area contributed by atoms with Crippen molar-refractivity contribution < 1.29 is 4.79 Å². The molecule has 0 fully saturated rings. The standard InChI is InChI=1S/C9H9Cl2NOS/c10-7-2-1-6(8(11)5-7)3-4-12-9(13)14/h1-2,5H,3-4H2,(H2,12,13,14). The van der Waals surface area contributed by atoms with Crippen molar-refractivity contribution in [2.75, 3.05) is 6.54 Å². The number of hydrogen-bond donors (Lipinski definition) is 2. The fourth-order valence-corrected chi connectivity index (χ4v) is 1.64. The summed E-state index contributed by atoms with van der Waals surface area (Å²) in [4.78, 5) is 10.5. The molecule has 1 N–H and O–H groups in total. The molecule has 0 aliphatic heterocycles. The van der Waals surface area contributed by atoms with Gasteiger partial charge in [0.1, 0.15) is 0 Å². The van der Waals surface area contributed by atoms with Crippen LogP contribution >= 0.6 is 35.8 Å². The molecular weight excluding hydrogens is 241 g/mol. The van der Waals surface area contributed by atoms with Gasteiger partial charge >= 0.3 is 0 Å². The lowest BCUT2D eigenvalue weighted by molar-refractivity contribution is 0.261. The number of carbonyl (C=O) groups is 1. The van der Waals surface area contributed by atoms with Gasteiger partial charge in [0.2, 0.25) is 0 Å². The van der Waals surface area contributed by atoms with Crippen LogP contribution in [0.1, 0.15) is 5.56 Å². The minimum atomic E-state index is -0.338. The van der Waals surface area contributed by atoms with Gasteiger partial charge in [0.05, 0.1) is 0 Å². The van der Waals surface area contributed by atoms with Gasteiger partial charge in [0.15, 0.2) is 0 Å². The van der Waals surface area contributed by atoms with Crippen molar-refractivity contribution >= 4 is 41.1 Å². The molecule has 0 radical (unpaired) electrons. The van der Waals surface area contributed by atoms with Crippen LogP contribution in [0.2, 0.25) is 10.0 Å². The highest BCUT2D eigenvalue weighted by atomic mass is 35.5. The first kappa shape index (κ1) is 11.7. The lowest BCUT2D eigenvalue weighted by Crippen LogP contribution is -2.19. The predicted octanol–water partition coefficient (Wildman–Crippen LogP) is 3.18. The average molecular weight is 250 g/mol. The first-order valence-corrected chi connectivity index (χ1v) is 5.20. The van der Waals surface area contributed by atoms with E-state index in [-0.39, 0.29) is 5.24 Å². The van der Waals surface area contributed by atoms with E-state index < -0.39 is 0 Å². The van der Waals surface area contributed by atoms with Crippen LogP contribution in [0, 0.1) is 0 Å². The van der Waals surface area contributed by atoms with Crippen LogP contribution in [0.4, 0.5) is 4.79 Å². The molecule has 1 rings (SSSR count). The number of nitrogens with one attached hydrogen (secondary N) is 1. The Morgan fingerprint density at radius 1 is 1.43 bits per heavy atom. The molecule has 1 amide bonds. The Labute approximate surface area is 98.0 Å². The molecule has 0 unspecified atom stereocenters. The molecule has 0 aromatic heterocycles.